The molecule has 0 aliphatic rings. The van der Waals surface area contributed by atoms with E-state index in [9.17, 15) is 4.79 Å². The number of ether oxygens (including phenoxy) is 2. The highest BCUT2D eigenvalue weighted by molar-refractivity contribution is 5.76. The van der Waals surface area contributed by atoms with Crippen LogP contribution in [-0.2, 0) is 11.2 Å². The number of carbonyl (C=O) groups excluding carboxylic acids is 1. The van der Waals surface area contributed by atoms with Crippen LogP contribution in [0.4, 0.5) is 0 Å². The highest BCUT2D eigenvalue weighted by Gasteiger charge is 2.12. The van der Waals surface area contributed by atoms with E-state index in [1.165, 1.54) is 0 Å². The summed E-state index contributed by atoms with van der Waals surface area (Å²) in [6.45, 7) is 4.61. The van der Waals surface area contributed by atoms with Gasteiger partial charge in [-0.05, 0) is 30.0 Å². The number of nitrogens with one attached hydrogen (secondary N) is 1. The van der Waals surface area contributed by atoms with Crippen LogP contribution >= 0.6 is 0 Å². The fraction of sp³-hybridized carbons (Fsp3) is 0.562. The van der Waals surface area contributed by atoms with Gasteiger partial charge in [0, 0.05) is 19.0 Å². The van der Waals surface area contributed by atoms with E-state index in [1.807, 2.05) is 32.0 Å². The summed E-state index contributed by atoms with van der Waals surface area (Å²) in [6, 6.07) is 5.66. The van der Waals surface area contributed by atoms with Crippen LogP contribution in [-0.4, -0.2) is 32.7 Å². The van der Waals surface area contributed by atoms with Crippen LogP contribution in [0.2, 0.25) is 0 Å². The molecule has 1 unspecified atom stereocenters. The minimum atomic E-state index is -0.0916. The zero-order valence-corrected chi connectivity index (χ0v) is 13.3. The second-order valence-electron chi connectivity index (χ2n) is 5.40. The molecule has 0 fully saturated rings. The number of carbonyl (C=O) groups is 1. The van der Waals surface area contributed by atoms with Gasteiger partial charge < -0.3 is 20.5 Å². The molecule has 3 N–H and O–H groups in total. The summed E-state index contributed by atoms with van der Waals surface area (Å²) in [6.07, 6.45) is 1.10. The lowest BCUT2D eigenvalue weighted by atomic mass is 10.0. The van der Waals surface area contributed by atoms with Gasteiger partial charge >= 0.3 is 0 Å². The van der Waals surface area contributed by atoms with Crippen molar-refractivity contribution in [3.8, 4) is 11.5 Å². The van der Waals surface area contributed by atoms with Gasteiger partial charge in [-0.1, -0.05) is 19.9 Å². The normalized spacial score (nSPS) is 12.1. The van der Waals surface area contributed by atoms with Crippen molar-refractivity contribution in [2.75, 3.05) is 20.8 Å². The standard InChI is InChI=1S/C16H26N2O3/c1-11(2)13(17)10-16(19)18-8-7-12-5-6-14(20-3)15(9-12)21-4/h5-6,9,11,13H,7-8,10,17H2,1-4H3,(H,18,19). The summed E-state index contributed by atoms with van der Waals surface area (Å²) in [5.41, 5.74) is 6.96. The van der Waals surface area contributed by atoms with Crippen molar-refractivity contribution in [2.45, 2.75) is 32.7 Å². The Morgan fingerprint density at radius 3 is 2.48 bits per heavy atom. The Bertz CT molecular complexity index is 461. The van der Waals surface area contributed by atoms with E-state index in [1.54, 1.807) is 14.2 Å². The third-order valence-corrected chi connectivity index (χ3v) is 3.46. The predicted molar refractivity (Wildman–Crippen MR) is 83.7 cm³/mol. The maximum absolute atomic E-state index is 11.7. The molecule has 1 amide bonds. The van der Waals surface area contributed by atoms with E-state index >= 15 is 0 Å². The number of benzene rings is 1. The Kier molecular flexibility index (Phi) is 7.02. The Morgan fingerprint density at radius 2 is 1.90 bits per heavy atom. The van der Waals surface area contributed by atoms with Crippen molar-refractivity contribution in [1.82, 2.24) is 5.32 Å². The van der Waals surface area contributed by atoms with E-state index in [0.29, 0.717) is 30.4 Å². The Labute approximate surface area is 126 Å². The Balaban J connectivity index is 2.44. The zero-order chi connectivity index (χ0) is 15.8. The molecule has 0 heterocycles. The molecule has 0 aliphatic heterocycles. The molecule has 1 aromatic rings. The van der Waals surface area contributed by atoms with Crippen molar-refractivity contribution in [2.24, 2.45) is 11.7 Å². The maximum atomic E-state index is 11.7. The monoisotopic (exact) mass is 294 g/mol. The number of rotatable bonds is 8. The third kappa shape index (κ3) is 5.63. The topological polar surface area (TPSA) is 73.6 Å². The van der Waals surface area contributed by atoms with Crippen molar-refractivity contribution >= 4 is 5.91 Å². The SMILES string of the molecule is COc1ccc(CCNC(=O)CC(N)C(C)C)cc1OC. The van der Waals surface area contributed by atoms with Crippen LogP contribution in [0.25, 0.3) is 0 Å². The number of amides is 1. The second kappa shape index (κ2) is 8.52. The number of nitrogens with two attached hydrogens (primary N) is 1. The maximum Gasteiger partial charge on any atom is 0.221 e. The smallest absolute Gasteiger partial charge is 0.221 e. The third-order valence-electron chi connectivity index (χ3n) is 3.46. The van der Waals surface area contributed by atoms with Crippen molar-refractivity contribution < 1.29 is 14.3 Å². The second-order valence-corrected chi connectivity index (χ2v) is 5.40. The summed E-state index contributed by atoms with van der Waals surface area (Å²) in [4.78, 5) is 11.7. The molecular weight excluding hydrogens is 268 g/mol. The van der Waals surface area contributed by atoms with Gasteiger partial charge in [0.2, 0.25) is 5.91 Å². The first-order chi connectivity index (χ1) is 9.97. The predicted octanol–water partition coefficient (Wildman–Crippen LogP) is 1.74. The van der Waals surface area contributed by atoms with Gasteiger partial charge in [-0.25, -0.2) is 0 Å². The van der Waals surface area contributed by atoms with E-state index in [-0.39, 0.29) is 11.9 Å². The van der Waals surface area contributed by atoms with Crippen LogP contribution < -0.4 is 20.5 Å². The van der Waals surface area contributed by atoms with Gasteiger partial charge in [-0.3, -0.25) is 4.79 Å². The molecule has 1 aromatic carbocycles. The molecule has 5 nitrogen and oxygen atoms in total. The van der Waals surface area contributed by atoms with Crippen LogP contribution in [0.15, 0.2) is 18.2 Å². The van der Waals surface area contributed by atoms with E-state index in [4.69, 9.17) is 15.2 Å². The summed E-state index contributed by atoms with van der Waals surface area (Å²) in [7, 11) is 3.21. The zero-order valence-electron chi connectivity index (χ0n) is 13.3. The first-order valence-corrected chi connectivity index (χ1v) is 7.21. The minimum absolute atomic E-state index is 0.00308. The number of hydrogen-bond acceptors (Lipinski definition) is 4. The van der Waals surface area contributed by atoms with E-state index in [0.717, 1.165) is 12.0 Å². The van der Waals surface area contributed by atoms with Crippen LogP contribution in [0.1, 0.15) is 25.8 Å². The molecule has 0 spiro atoms. The Morgan fingerprint density at radius 1 is 1.24 bits per heavy atom. The molecule has 21 heavy (non-hydrogen) atoms. The highest BCUT2D eigenvalue weighted by Crippen LogP contribution is 2.27. The van der Waals surface area contributed by atoms with Gasteiger partial charge in [0.1, 0.15) is 0 Å². The van der Waals surface area contributed by atoms with Gasteiger partial charge in [0.15, 0.2) is 11.5 Å². The summed E-state index contributed by atoms with van der Waals surface area (Å²) in [5.74, 6) is 1.70. The van der Waals surface area contributed by atoms with Gasteiger partial charge in [-0.2, -0.15) is 0 Å². The van der Waals surface area contributed by atoms with E-state index < -0.39 is 0 Å². The lowest BCUT2D eigenvalue weighted by molar-refractivity contribution is -0.121. The van der Waals surface area contributed by atoms with Gasteiger partial charge in [0.05, 0.1) is 14.2 Å². The molecule has 0 saturated carbocycles. The average molecular weight is 294 g/mol. The number of hydrogen-bond donors (Lipinski definition) is 2. The quantitative estimate of drug-likeness (QED) is 0.766. The molecular formula is C16H26N2O3. The minimum Gasteiger partial charge on any atom is -0.493 e. The summed E-state index contributed by atoms with van der Waals surface area (Å²) < 4.78 is 10.4. The van der Waals surface area contributed by atoms with Crippen LogP contribution in [0.3, 0.4) is 0 Å². The van der Waals surface area contributed by atoms with Crippen LogP contribution in [0, 0.1) is 5.92 Å². The molecule has 5 heteroatoms. The van der Waals surface area contributed by atoms with Crippen LogP contribution in [0.5, 0.6) is 11.5 Å². The molecule has 118 valence electrons. The number of methoxy groups -OCH3 is 2. The fourth-order valence-corrected chi connectivity index (χ4v) is 1.90. The lowest BCUT2D eigenvalue weighted by Crippen LogP contribution is -2.35. The van der Waals surface area contributed by atoms with Gasteiger partial charge in [-0.15, -0.1) is 0 Å². The summed E-state index contributed by atoms with van der Waals surface area (Å²) >= 11 is 0. The Hall–Kier alpha value is -1.75. The lowest BCUT2D eigenvalue weighted by Gasteiger charge is -2.15. The highest BCUT2D eigenvalue weighted by atomic mass is 16.5. The molecule has 0 radical (unpaired) electrons. The molecule has 0 aliphatic carbocycles. The van der Waals surface area contributed by atoms with Crippen molar-refractivity contribution in [3.63, 3.8) is 0 Å². The van der Waals surface area contributed by atoms with Crippen molar-refractivity contribution in [3.05, 3.63) is 23.8 Å². The largest absolute Gasteiger partial charge is 0.493 e. The first-order valence-electron chi connectivity index (χ1n) is 7.21. The molecule has 0 aromatic heterocycles. The summed E-state index contributed by atoms with van der Waals surface area (Å²) in [5, 5.41) is 2.89. The molecule has 0 saturated heterocycles. The van der Waals surface area contributed by atoms with Gasteiger partial charge in [0.25, 0.3) is 0 Å². The molecule has 0 bridgehead atoms. The average Bonchev–Trinajstić information content (AvgIpc) is 2.46. The molecule has 1 rings (SSSR count). The fourth-order valence-electron chi connectivity index (χ4n) is 1.90. The first kappa shape index (κ1) is 17.3. The van der Waals surface area contributed by atoms with Crippen molar-refractivity contribution in [1.29, 1.82) is 0 Å². The molecule has 1 atom stereocenters. The van der Waals surface area contributed by atoms with E-state index in [2.05, 4.69) is 5.32 Å².